The molecule has 0 aliphatic carbocycles. The first-order chi connectivity index (χ1) is 9.38. The monoisotopic (exact) mass is 453 g/mol. The largest absolute Gasteiger partial charge is 0.300 e. The quantitative estimate of drug-likeness (QED) is 0.568. The van der Waals surface area contributed by atoms with Crippen LogP contribution >= 0.6 is 0 Å². The van der Waals surface area contributed by atoms with E-state index < -0.39 is 0 Å². The second-order valence-electron chi connectivity index (χ2n) is 4.74. The van der Waals surface area contributed by atoms with Crippen molar-refractivity contribution in [3.8, 4) is 0 Å². The number of hydrogen-bond acceptors (Lipinski definition) is 6. The Hall–Kier alpha value is -0.396. The maximum Gasteiger partial charge on any atom is 0.137 e. The van der Waals surface area contributed by atoms with E-state index in [0.717, 1.165) is 0 Å². The van der Waals surface area contributed by atoms with Gasteiger partial charge in [-0.1, -0.05) is 0 Å². The number of rotatable bonds is 6. The van der Waals surface area contributed by atoms with Gasteiger partial charge in [-0.05, 0) is 41.5 Å². The summed E-state index contributed by atoms with van der Waals surface area (Å²) in [6, 6.07) is 0. The molecular weight excluding hydrogens is 428 g/mol. The van der Waals surface area contributed by atoms with Crippen molar-refractivity contribution in [3.63, 3.8) is 0 Å². The molecule has 0 aromatic heterocycles. The Balaban J connectivity index is -0.000000108. The first kappa shape index (κ1) is 29.6. The molecule has 0 spiro atoms. The van der Waals surface area contributed by atoms with Crippen molar-refractivity contribution >= 4 is 34.7 Å². The van der Waals surface area contributed by atoms with Crippen LogP contribution in [0.2, 0.25) is 0 Å². The fourth-order valence-corrected chi connectivity index (χ4v) is 1.05. The van der Waals surface area contributed by atoms with Crippen LogP contribution in [0.5, 0.6) is 0 Å². The summed E-state index contributed by atoms with van der Waals surface area (Å²) in [4.78, 5) is 60.2. The van der Waals surface area contributed by atoms with Crippen LogP contribution in [0.25, 0.3) is 0 Å². The van der Waals surface area contributed by atoms with Crippen LogP contribution in [-0.4, -0.2) is 34.7 Å². The van der Waals surface area contributed by atoms with E-state index in [-0.39, 0.29) is 103 Å². The van der Waals surface area contributed by atoms with Gasteiger partial charge < -0.3 is 0 Å². The molecule has 0 saturated carbocycles. The number of carbonyl (C=O) groups is 6. The predicted octanol–water partition coefficient (Wildman–Crippen LogP) is 1.66. The van der Waals surface area contributed by atoms with Gasteiger partial charge in [0.25, 0.3) is 0 Å². The molecule has 127 valence electrons. The third-order valence-corrected chi connectivity index (χ3v) is 1.49. The van der Waals surface area contributed by atoms with E-state index in [1.165, 1.54) is 41.5 Å². The van der Waals surface area contributed by atoms with E-state index in [1.807, 2.05) is 0 Å². The molecule has 0 atom stereocenters. The summed E-state index contributed by atoms with van der Waals surface area (Å²) in [5, 5.41) is 0. The fraction of sp³-hybridized carbons (Fsp3) is 0.600. The third kappa shape index (κ3) is 50.4. The zero-order valence-electron chi connectivity index (χ0n) is 13.9. The van der Waals surface area contributed by atoms with Crippen LogP contribution in [0.4, 0.5) is 0 Å². The van der Waals surface area contributed by atoms with E-state index in [4.69, 9.17) is 0 Å². The van der Waals surface area contributed by atoms with E-state index in [9.17, 15) is 28.8 Å². The van der Waals surface area contributed by atoms with Gasteiger partial charge >= 0.3 is 0 Å². The number of hydrogen-bond donors (Lipinski definition) is 0. The van der Waals surface area contributed by atoms with Gasteiger partial charge in [-0.2, -0.15) is 0 Å². The van der Waals surface area contributed by atoms with Crippen LogP contribution in [0.1, 0.15) is 60.8 Å². The van der Waals surface area contributed by atoms with Crippen molar-refractivity contribution in [3.05, 3.63) is 0 Å². The van der Waals surface area contributed by atoms with Crippen molar-refractivity contribution in [2.45, 2.75) is 60.8 Å². The number of ketones is 6. The molecule has 0 aromatic rings. The Morgan fingerprint density at radius 3 is 0.500 bits per heavy atom. The molecule has 0 saturated heterocycles. The molecule has 0 amide bonds. The summed E-state index contributed by atoms with van der Waals surface area (Å²) >= 11 is 0. The molecular formula is C15H24EuO6. The van der Waals surface area contributed by atoms with Gasteiger partial charge in [-0.15, -0.1) is 0 Å². The van der Waals surface area contributed by atoms with E-state index in [2.05, 4.69) is 0 Å². The van der Waals surface area contributed by atoms with E-state index in [0.29, 0.717) is 0 Å². The summed E-state index contributed by atoms with van der Waals surface area (Å²) < 4.78 is 0. The molecule has 7 heteroatoms. The Labute approximate surface area is 172 Å². The van der Waals surface area contributed by atoms with Crippen molar-refractivity contribution in [1.29, 1.82) is 0 Å². The summed E-state index contributed by atoms with van der Waals surface area (Å²) in [6.07, 6.45) is 0.250. The minimum atomic E-state index is -0.0625. The molecule has 0 N–H and O–H groups in total. The van der Waals surface area contributed by atoms with Gasteiger partial charge in [0.05, 0.1) is 19.3 Å². The van der Waals surface area contributed by atoms with Gasteiger partial charge in [0.1, 0.15) is 34.7 Å². The molecule has 0 heterocycles. The Kier molecular flexibility index (Phi) is 25.1. The standard InChI is InChI=1S/3C5H8O2.Eu/c3*1-4(6)3-5(2)7;/h3*3H2,1-2H3;. The normalized spacial score (nSPS) is 7.91. The maximum atomic E-state index is 10.0. The molecule has 1 radical (unpaired) electrons. The SMILES string of the molecule is CC(=O)CC(C)=O.CC(=O)CC(C)=O.CC(=O)CC(C)=O.[Eu]. The van der Waals surface area contributed by atoms with Gasteiger partial charge in [0.15, 0.2) is 0 Å². The second kappa shape index (κ2) is 18.7. The zero-order valence-corrected chi connectivity index (χ0v) is 16.4. The van der Waals surface area contributed by atoms with Crippen LogP contribution in [-0.2, 0) is 28.8 Å². The van der Waals surface area contributed by atoms with Crippen molar-refractivity contribution in [1.82, 2.24) is 0 Å². The van der Waals surface area contributed by atoms with Gasteiger partial charge in [-0.3, -0.25) is 28.8 Å². The Bertz CT molecular complexity index is 314. The molecule has 22 heavy (non-hydrogen) atoms. The smallest absolute Gasteiger partial charge is 0.137 e. The Morgan fingerprint density at radius 2 is 0.500 bits per heavy atom. The first-order valence-electron chi connectivity index (χ1n) is 6.35. The van der Waals surface area contributed by atoms with E-state index >= 15 is 0 Å². The predicted molar refractivity (Wildman–Crippen MR) is 77.9 cm³/mol. The summed E-state index contributed by atoms with van der Waals surface area (Å²) in [6.45, 7) is 8.42. The summed E-state index contributed by atoms with van der Waals surface area (Å²) in [5.74, 6) is -0.375. The average molecular weight is 452 g/mol. The van der Waals surface area contributed by atoms with Crippen molar-refractivity contribution < 1.29 is 78.1 Å². The first-order valence-corrected chi connectivity index (χ1v) is 6.35. The minimum Gasteiger partial charge on any atom is -0.300 e. The van der Waals surface area contributed by atoms with Gasteiger partial charge in [0, 0.05) is 49.4 Å². The second-order valence-corrected chi connectivity index (χ2v) is 4.74. The fourth-order valence-electron chi connectivity index (χ4n) is 1.05. The summed E-state index contributed by atoms with van der Waals surface area (Å²) in [7, 11) is 0. The topological polar surface area (TPSA) is 102 Å². The Morgan fingerprint density at radius 1 is 0.409 bits per heavy atom. The molecule has 0 aliphatic rings. The average Bonchev–Trinajstić information content (AvgIpc) is 2.10. The molecule has 0 aromatic carbocycles. The molecule has 0 aliphatic heterocycles. The van der Waals surface area contributed by atoms with Gasteiger partial charge in [0.2, 0.25) is 0 Å². The zero-order chi connectivity index (χ0) is 17.6. The number of carbonyl (C=O) groups excluding carboxylic acids is 6. The molecule has 0 rings (SSSR count). The van der Waals surface area contributed by atoms with Crippen LogP contribution in [0.3, 0.4) is 0 Å². The van der Waals surface area contributed by atoms with Crippen LogP contribution < -0.4 is 0 Å². The molecule has 0 fully saturated rings. The third-order valence-electron chi connectivity index (χ3n) is 1.49. The van der Waals surface area contributed by atoms with Crippen LogP contribution in [0.15, 0.2) is 0 Å². The van der Waals surface area contributed by atoms with Crippen LogP contribution in [0, 0.1) is 49.4 Å². The summed E-state index contributed by atoms with van der Waals surface area (Å²) in [5.41, 5.74) is 0. The van der Waals surface area contributed by atoms with E-state index in [1.54, 1.807) is 0 Å². The van der Waals surface area contributed by atoms with Gasteiger partial charge in [-0.25, -0.2) is 0 Å². The minimum absolute atomic E-state index is 0. The maximum absolute atomic E-state index is 10.0. The molecule has 6 nitrogen and oxygen atoms in total. The molecule has 0 bridgehead atoms. The van der Waals surface area contributed by atoms with Crippen molar-refractivity contribution in [2.24, 2.45) is 0 Å². The molecule has 0 unspecified atom stereocenters. The number of Topliss-reactive ketones (excluding diaryl/α,β-unsaturated/α-hetero) is 6. The van der Waals surface area contributed by atoms with Crippen molar-refractivity contribution in [2.75, 3.05) is 0 Å².